The van der Waals surface area contributed by atoms with Gasteiger partial charge in [-0.05, 0) is 18.7 Å². The third-order valence-corrected chi connectivity index (χ3v) is 3.30. The molecule has 1 aromatic rings. The number of nitrogens with zero attached hydrogens (tertiary/aromatic N) is 2. The van der Waals surface area contributed by atoms with Crippen molar-refractivity contribution in [2.24, 2.45) is 0 Å². The molecule has 0 bridgehead atoms. The Kier molecular flexibility index (Phi) is 6.35. The fourth-order valence-electron chi connectivity index (χ4n) is 1.43. The minimum Gasteiger partial charge on any atom is -0.384 e. The predicted molar refractivity (Wildman–Crippen MR) is 69.5 cm³/mol. The van der Waals surface area contributed by atoms with Gasteiger partial charge in [0.25, 0.3) is 0 Å². The fourth-order valence-corrected chi connectivity index (χ4v) is 2.36. The number of hydrogen-bond donors (Lipinski definition) is 1. The standard InChI is InChI=1S/C13H16N2OS/c1-2-15(9-4-8-14)11-13-7-6-12(17-13)5-3-10-16/h6-7,16H,2,4,9-11H2,1H3. The molecule has 17 heavy (non-hydrogen) atoms. The molecule has 4 heteroatoms. The zero-order valence-corrected chi connectivity index (χ0v) is 10.8. The van der Waals surface area contributed by atoms with E-state index in [0.29, 0.717) is 6.42 Å². The first-order valence-electron chi connectivity index (χ1n) is 5.58. The van der Waals surface area contributed by atoms with Crippen LogP contribution in [0.2, 0.25) is 0 Å². The van der Waals surface area contributed by atoms with Crippen LogP contribution in [0.25, 0.3) is 0 Å². The molecule has 0 amide bonds. The van der Waals surface area contributed by atoms with Gasteiger partial charge in [0.1, 0.15) is 6.61 Å². The molecule has 1 aromatic heterocycles. The van der Waals surface area contributed by atoms with Gasteiger partial charge in [-0.1, -0.05) is 18.8 Å². The number of nitriles is 1. The van der Waals surface area contributed by atoms with Crippen molar-refractivity contribution in [3.63, 3.8) is 0 Å². The minimum absolute atomic E-state index is 0.101. The van der Waals surface area contributed by atoms with Crippen molar-refractivity contribution < 1.29 is 5.11 Å². The average molecular weight is 248 g/mol. The van der Waals surface area contributed by atoms with Gasteiger partial charge in [-0.25, -0.2) is 0 Å². The van der Waals surface area contributed by atoms with Crippen molar-refractivity contribution in [2.45, 2.75) is 19.9 Å². The Hall–Kier alpha value is -1.33. The van der Waals surface area contributed by atoms with Crippen LogP contribution in [-0.2, 0) is 6.54 Å². The van der Waals surface area contributed by atoms with E-state index in [9.17, 15) is 0 Å². The zero-order valence-electron chi connectivity index (χ0n) is 9.94. The van der Waals surface area contributed by atoms with Gasteiger partial charge in [0.2, 0.25) is 0 Å². The van der Waals surface area contributed by atoms with Crippen molar-refractivity contribution in [1.82, 2.24) is 4.90 Å². The molecule has 0 radical (unpaired) electrons. The van der Waals surface area contributed by atoms with E-state index in [2.05, 4.69) is 35.8 Å². The van der Waals surface area contributed by atoms with E-state index in [1.54, 1.807) is 11.3 Å². The number of aliphatic hydroxyl groups is 1. The topological polar surface area (TPSA) is 47.3 Å². The molecule has 0 aromatic carbocycles. The Labute approximate surface area is 106 Å². The molecule has 90 valence electrons. The summed E-state index contributed by atoms with van der Waals surface area (Å²) in [5, 5.41) is 17.2. The van der Waals surface area contributed by atoms with E-state index in [0.717, 1.165) is 24.5 Å². The SMILES string of the molecule is CCN(CCC#N)Cc1ccc(C#CCO)s1. The lowest BCUT2D eigenvalue weighted by Crippen LogP contribution is -2.23. The van der Waals surface area contributed by atoms with Crippen LogP contribution < -0.4 is 0 Å². The summed E-state index contributed by atoms with van der Waals surface area (Å²) < 4.78 is 0. The summed E-state index contributed by atoms with van der Waals surface area (Å²) in [6, 6.07) is 6.19. The number of rotatable bonds is 5. The van der Waals surface area contributed by atoms with Crippen molar-refractivity contribution in [2.75, 3.05) is 19.7 Å². The molecule has 0 saturated heterocycles. The van der Waals surface area contributed by atoms with E-state index < -0.39 is 0 Å². The second kappa shape index (κ2) is 7.86. The first-order valence-corrected chi connectivity index (χ1v) is 6.39. The van der Waals surface area contributed by atoms with Crippen LogP contribution in [0.1, 0.15) is 23.1 Å². The third-order valence-electron chi connectivity index (χ3n) is 2.32. The van der Waals surface area contributed by atoms with Crippen LogP contribution in [0.4, 0.5) is 0 Å². The molecule has 1 N–H and O–H groups in total. The largest absolute Gasteiger partial charge is 0.384 e. The van der Waals surface area contributed by atoms with E-state index >= 15 is 0 Å². The van der Waals surface area contributed by atoms with Gasteiger partial charge in [0.15, 0.2) is 0 Å². The molecule has 0 spiro atoms. The van der Waals surface area contributed by atoms with Gasteiger partial charge < -0.3 is 5.11 Å². The highest BCUT2D eigenvalue weighted by Crippen LogP contribution is 2.17. The second-order valence-electron chi connectivity index (χ2n) is 3.50. The highest BCUT2D eigenvalue weighted by atomic mass is 32.1. The summed E-state index contributed by atoms with van der Waals surface area (Å²) in [5.41, 5.74) is 0. The average Bonchev–Trinajstić information content (AvgIpc) is 2.79. The molecule has 0 fully saturated rings. The van der Waals surface area contributed by atoms with Crippen LogP contribution in [-0.4, -0.2) is 29.7 Å². The van der Waals surface area contributed by atoms with Gasteiger partial charge in [0, 0.05) is 24.4 Å². The molecule has 0 unspecified atom stereocenters. The first kappa shape index (κ1) is 13.7. The second-order valence-corrected chi connectivity index (χ2v) is 4.67. The van der Waals surface area contributed by atoms with Gasteiger partial charge in [-0.3, -0.25) is 4.90 Å². The normalized spacial score (nSPS) is 9.76. The van der Waals surface area contributed by atoms with E-state index in [1.807, 2.05) is 6.07 Å². The van der Waals surface area contributed by atoms with E-state index in [4.69, 9.17) is 10.4 Å². The fraction of sp³-hybridized carbons (Fsp3) is 0.462. The van der Waals surface area contributed by atoms with Crippen LogP contribution in [0.3, 0.4) is 0 Å². The Balaban J connectivity index is 2.55. The minimum atomic E-state index is -0.101. The lowest BCUT2D eigenvalue weighted by atomic mass is 10.3. The number of aliphatic hydroxyl groups excluding tert-OH is 1. The molecule has 1 heterocycles. The first-order chi connectivity index (χ1) is 8.30. The van der Waals surface area contributed by atoms with Gasteiger partial charge in [-0.15, -0.1) is 11.3 Å². The lowest BCUT2D eigenvalue weighted by molar-refractivity contribution is 0.289. The third kappa shape index (κ3) is 5.01. The molecule has 0 atom stereocenters. The monoisotopic (exact) mass is 248 g/mol. The summed E-state index contributed by atoms with van der Waals surface area (Å²) in [7, 11) is 0. The van der Waals surface area contributed by atoms with Crippen LogP contribution in [0.5, 0.6) is 0 Å². The zero-order chi connectivity index (χ0) is 12.5. The molecule has 0 saturated carbocycles. The Morgan fingerprint density at radius 2 is 2.29 bits per heavy atom. The molecule has 1 rings (SSSR count). The summed E-state index contributed by atoms with van der Waals surface area (Å²) in [6.07, 6.45) is 0.566. The van der Waals surface area contributed by atoms with Gasteiger partial charge >= 0.3 is 0 Å². The Morgan fingerprint density at radius 1 is 1.47 bits per heavy atom. The van der Waals surface area contributed by atoms with Crippen molar-refractivity contribution in [1.29, 1.82) is 5.26 Å². The summed E-state index contributed by atoms with van der Waals surface area (Å²) >= 11 is 1.64. The van der Waals surface area contributed by atoms with Gasteiger partial charge in [-0.2, -0.15) is 5.26 Å². The van der Waals surface area contributed by atoms with Crippen LogP contribution >= 0.6 is 11.3 Å². The van der Waals surface area contributed by atoms with Crippen LogP contribution in [0.15, 0.2) is 12.1 Å². The number of hydrogen-bond acceptors (Lipinski definition) is 4. The quantitative estimate of drug-likeness (QED) is 0.809. The van der Waals surface area contributed by atoms with E-state index in [-0.39, 0.29) is 6.61 Å². The highest BCUT2D eigenvalue weighted by molar-refractivity contribution is 7.12. The van der Waals surface area contributed by atoms with Crippen LogP contribution in [0, 0.1) is 23.2 Å². The molecule has 0 aliphatic rings. The predicted octanol–water partition coefficient (Wildman–Crippen LogP) is 1.83. The summed E-state index contributed by atoms with van der Waals surface area (Å²) in [4.78, 5) is 4.45. The molecule has 3 nitrogen and oxygen atoms in total. The Morgan fingerprint density at radius 3 is 2.94 bits per heavy atom. The molecule has 0 aliphatic heterocycles. The molecular formula is C13H16N2OS. The maximum atomic E-state index is 8.61. The summed E-state index contributed by atoms with van der Waals surface area (Å²) in [5.74, 6) is 5.54. The maximum absolute atomic E-state index is 8.61. The lowest BCUT2D eigenvalue weighted by Gasteiger charge is -2.17. The van der Waals surface area contributed by atoms with Crippen molar-refractivity contribution >= 4 is 11.3 Å². The summed E-state index contributed by atoms with van der Waals surface area (Å²) in [6.45, 7) is 4.61. The van der Waals surface area contributed by atoms with Gasteiger partial charge in [0.05, 0.1) is 10.9 Å². The molecular weight excluding hydrogens is 232 g/mol. The maximum Gasteiger partial charge on any atom is 0.104 e. The van der Waals surface area contributed by atoms with Crippen molar-refractivity contribution in [3.05, 3.63) is 21.9 Å². The molecule has 0 aliphatic carbocycles. The highest BCUT2D eigenvalue weighted by Gasteiger charge is 2.05. The van der Waals surface area contributed by atoms with Crippen molar-refractivity contribution in [3.8, 4) is 17.9 Å². The smallest absolute Gasteiger partial charge is 0.104 e. The van der Waals surface area contributed by atoms with E-state index in [1.165, 1.54) is 4.88 Å². The Bertz CT molecular complexity index is 436. The number of thiophene rings is 1.